The van der Waals surface area contributed by atoms with Crippen LogP contribution >= 0.6 is 7.82 Å². The smallest absolute Gasteiger partial charge is 0.303 e. The van der Waals surface area contributed by atoms with Crippen LogP contribution in [0.1, 0.15) is 23.4 Å². The van der Waals surface area contributed by atoms with E-state index in [-0.39, 0.29) is 0 Å². The Labute approximate surface area is 105 Å². The van der Waals surface area contributed by atoms with Gasteiger partial charge in [-0.2, -0.15) is 4.57 Å². The van der Waals surface area contributed by atoms with E-state index in [2.05, 4.69) is 0 Å². The number of hydrogen-bond donors (Lipinski definition) is 3. The zero-order chi connectivity index (χ0) is 15.4. The molecule has 0 atom stereocenters. The lowest BCUT2D eigenvalue weighted by Gasteiger charge is -2.02. The number of hydrogen-bond acceptors (Lipinski definition) is 5. The highest BCUT2D eigenvalue weighted by molar-refractivity contribution is 7.45. The zero-order valence-corrected chi connectivity index (χ0v) is 10.8. The Morgan fingerprint density at radius 3 is 1.84 bits per heavy atom. The van der Waals surface area contributed by atoms with Crippen molar-refractivity contribution >= 4 is 19.6 Å². The Hall–Kier alpha value is -1.87. The molecule has 0 radical (unpaired) electrons. The van der Waals surface area contributed by atoms with Crippen LogP contribution < -0.4 is 11.2 Å². The SMILES string of the molecule is CC(=O)n1ccc(=O)n(C(C)=O)c1=O.O=P(O)(O)O. The number of phosphoric acid groups is 1. The molecular formula is C8H11N2O8P. The van der Waals surface area contributed by atoms with Crippen LogP contribution in [0.25, 0.3) is 0 Å². The summed E-state index contributed by atoms with van der Waals surface area (Å²) in [6.07, 6.45) is 1.05. The molecule has 0 saturated heterocycles. The van der Waals surface area contributed by atoms with Gasteiger partial charge in [-0.25, -0.2) is 13.9 Å². The minimum atomic E-state index is -4.64. The number of rotatable bonds is 0. The van der Waals surface area contributed by atoms with Crippen molar-refractivity contribution in [3.8, 4) is 0 Å². The zero-order valence-electron chi connectivity index (χ0n) is 9.88. The summed E-state index contributed by atoms with van der Waals surface area (Å²) in [5.41, 5.74) is -1.67. The monoisotopic (exact) mass is 294 g/mol. The number of carbonyl (C=O) groups excluding carboxylic acids is 2. The van der Waals surface area contributed by atoms with E-state index in [4.69, 9.17) is 19.2 Å². The van der Waals surface area contributed by atoms with Crippen molar-refractivity contribution in [1.29, 1.82) is 0 Å². The highest BCUT2D eigenvalue weighted by Gasteiger charge is 2.10. The van der Waals surface area contributed by atoms with Gasteiger partial charge in [0.2, 0.25) is 11.8 Å². The van der Waals surface area contributed by atoms with E-state index >= 15 is 0 Å². The molecule has 0 aliphatic heterocycles. The van der Waals surface area contributed by atoms with E-state index < -0.39 is 30.9 Å². The molecule has 0 unspecified atom stereocenters. The molecule has 0 aromatic carbocycles. The van der Waals surface area contributed by atoms with Gasteiger partial charge in [-0.3, -0.25) is 14.4 Å². The Kier molecular flexibility index (Phi) is 5.72. The van der Waals surface area contributed by atoms with Gasteiger partial charge < -0.3 is 14.7 Å². The molecule has 0 aliphatic rings. The van der Waals surface area contributed by atoms with Crippen molar-refractivity contribution < 1.29 is 28.8 Å². The summed E-state index contributed by atoms with van der Waals surface area (Å²) >= 11 is 0. The summed E-state index contributed by atoms with van der Waals surface area (Å²) in [6.45, 7) is 2.24. The molecule has 19 heavy (non-hydrogen) atoms. The Morgan fingerprint density at radius 2 is 1.53 bits per heavy atom. The van der Waals surface area contributed by atoms with Crippen LogP contribution in [0, 0.1) is 0 Å². The Morgan fingerprint density at radius 1 is 1.11 bits per heavy atom. The third-order valence-electron chi connectivity index (χ3n) is 1.64. The molecule has 0 saturated carbocycles. The molecule has 1 rings (SSSR count). The fourth-order valence-electron chi connectivity index (χ4n) is 1.01. The average molecular weight is 294 g/mol. The van der Waals surface area contributed by atoms with Crippen LogP contribution in [-0.2, 0) is 4.57 Å². The summed E-state index contributed by atoms with van der Waals surface area (Å²) in [5.74, 6) is -1.26. The molecule has 0 aliphatic carbocycles. The van der Waals surface area contributed by atoms with E-state index in [0.29, 0.717) is 9.13 Å². The first-order chi connectivity index (χ1) is 8.45. The van der Waals surface area contributed by atoms with Crippen molar-refractivity contribution in [3.63, 3.8) is 0 Å². The second-order valence-corrected chi connectivity index (χ2v) is 4.22. The third kappa shape index (κ3) is 6.02. The van der Waals surface area contributed by atoms with Gasteiger partial charge in [-0.15, -0.1) is 0 Å². The van der Waals surface area contributed by atoms with Gasteiger partial charge in [-0.05, 0) is 0 Å². The van der Waals surface area contributed by atoms with Crippen molar-refractivity contribution in [2.24, 2.45) is 0 Å². The fraction of sp³-hybridized carbons (Fsp3) is 0.250. The fourth-order valence-corrected chi connectivity index (χ4v) is 1.01. The van der Waals surface area contributed by atoms with Crippen LogP contribution in [0.3, 0.4) is 0 Å². The van der Waals surface area contributed by atoms with Crippen molar-refractivity contribution in [3.05, 3.63) is 33.1 Å². The van der Waals surface area contributed by atoms with E-state index in [1.54, 1.807) is 0 Å². The normalized spacial score (nSPS) is 10.4. The molecule has 10 nitrogen and oxygen atoms in total. The topological polar surface area (TPSA) is 156 Å². The summed E-state index contributed by atoms with van der Waals surface area (Å²) in [7, 11) is -4.64. The van der Waals surface area contributed by atoms with Gasteiger partial charge in [0.05, 0.1) is 0 Å². The van der Waals surface area contributed by atoms with Crippen LogP contribution in [0.15, 0.2) is 21.9 Å². The number of nitrogens with zero attached hydrogens (tertiary/aromatic N) is 2. The molecule has 106 valence electrons. The molecular weight excluding hydrogens is 283 g/mol. The predicted octanol–water partition coefficient (Wildman–Crippen LogP) is -1.60. The lowest BCUT2D eigenvalue weighted by Crippen LogP contribution is -2.43. The van der Waals surface area contributed by atoms with Crippen molar-refractivity contribution in [2.75, 3.05) is 0 Å². The first-order valence-corrected chi connectivity index (χ1v) is 6.16. The highest BCUT2D eigenvalue weighted by Crippen LogP contribution is 2.25. The predicted molar refractivity (Wildman–Crippen MR) is 61.8 cm³/mol. The molecule has 0 spiro atoms. The lowest BCUT2D eigenvalue weighted by atomic mass is 10.5. The minimum Gasteiger partial charge on any atom is -0.303 e. The minimum absolute atomic E-state index is 0.404. The first kappa shape index (κ1) is 17.1. The van der Waals surface area contributed by atoms with Crippen LogP contribution in [-0.4, -0.2) is 35.6 Å². The molecule has 1 aromatic heterocycles. The molecule has 1 heterocycles. The van der Waals surface area contributed by atoms with E-state index in [0.717, 1.165) is 26.1 Å². The standard InChI is InChI=1S/C8H8N2O4.H3O4P/c1-5(11)9-4-3-7(13)10(6(2)12)8(9)14;1-5(2,3)4/h3-4H,1-2H3;(H3,1,2,3,4). The summed E-state index contributed by atoms with van der Waals surface area (Å²) in [5, 5.41) is 0. The maximum atomic E-state index is 11.4. The first-order valence-electron chi connectivity index (χ1n) is 4.60. The second kappa shape index (κ2) is 6.34. The van der Waals surface area contributed by atoms with Crippen molar-refractivity contribution in [1.82, 2.24) is 9.13 Å². The quantitative estimate of drug-likeness (QED) is 0.483. The summed E-state index contributed by atoms with van der Waals surface area (Å²) < 4.78 is 9.98. The van der Waals surface area contributed by atoms with Crippen LogP contribution in [0.5, 0.6) is 0 Å². The van der Waals surface area contributed by atoms with Gasteiger partial charge >= 0.3 is 13.5 Å². The summed E-state index contributed by atoms with van der Waals surface area (Å²) in [4.78, 5) is 65.8. The van der Waals surface area contributed by atoms with E-state index in [9.17, 15) is 19.2 Å². The molecule has 0 fully saturated rings. The average Bonchev–Trinajstić information content (AvgIpc) is 2.13. The molecule has 11 heteroatoms. The maximum absolute atomic E-state index is 11.4. The van der Waals surface area contributed by atoms with E-state index in [1.807, 2.05) is 0 Å². The third-order valence-corrected chi connectivity index (χ3v) is 1.64. The molecule has 0 bridgehead atoms. The Bertz CT molecular complexity index is 643. The van der Waals surface area contributed by atoms with Gasteiger partial charge in [0.1, 0.15) is 0 Å². The van der Waals surface area contributed by atoms with Gasteiger partial charge in [0.25, 0.3) is 5.56 Å². The Balaban J connectivity index is 0.000000555. The number of aromatic nitrogens is 2. The maximum Gasteiger partial charge on any atom is 0.466 e. The van der Waals surface area contributed by atoms with Gasteiger partial charge in [0, 0.05) is 26.1 Å². The second-order valence-electron chi connectivity index (χ2n) is 3.19. The van der Waals surface area contributed by atoms with Gasteiger partial charge in [-0.1, -0.05) is 0 Å². The lowest BCUT2D eigenvalue weighted by molar-refractivity contribution is 0.0907. The summed E-state index contributed by atoms with van der Waals surface area (Å²) in [6, 6.07) is 0.990. The van der Waals surface area contributed by atoms with Crippen LogP contribution in [0.4, 0.5) is 0 Å². The van der Waals surface area contributed by atoms with Crippen molar-refractivity contribution in [2.45, 2.75) is 13.8 Å². The molecule has 3 N–H and O–H groups in total. The highest BCUT2D eigenvalue weighted by atomic mass is 31.2. The molecule has 0 amide bonds. The largest absolute Gasteiger partial charge is 0.466 e. The van der Waals surface area contributed by atoms with Gasteiger partial charge in [0.15, 0.2) is 0 Å². The molecule has 1 aromatic rings. The van der Waals surface area contributed by atoms with Crippen LogP contribution in [0.2, 0.25) is 0 Å². The number of carbonyl (C=O) groups is 2. The van der Waals surface area contributed by atoms with E-state index in [1.165, 1.54) is 0 Å².